The molecule has 0 spiro atoms. The first-order chi connectivity index (χ1) is 8.70. The van der Waals surface area contributed by atoms with Crippen LogP contribution >= 0.6 is 0 Å². The van der Waals surface area contributed by atoms with E-state index in [1.807, 2.05) is 6.92 Å². The van der Waals surface area contributed by atoms with Crippen LogP contribution < -0.4 is 5.32 Å². The van der Waals surface area contributed by atoms with Crippen molar-refractivity contribution in [3.8, 4) is 0 Å². The van der Waals surface area contributed by atoms with E-state index < -0.39 is 0 Å². The molecule has 0 aromatic carbocycles. The van der Waals surface area contributed by atoms with Crippen molar-refractivity contribution in [1.82, 2.24) is 15.3 Å². The van der Waals surface area contributed by atoms with Crippen LogP contribution in [0.15, 0.2) is 12.4 Å². The summed E-state index contributed by atoms with van der Waals surface area (Å²) in [5.41, 5.74) is 2.14. The second-order valence-electron chi connectivity index (χ2n) is 5.55. The number of nitrogens with zero attached hydrogens (tertiary/aromatic N) is 2. The number of hydrogen-bond acceptors (Lipinski definition) is 3. The Morgan fingerprint density at radius 3 is 2.83 bits per heavy atom. The van der Waals surface area contributed by atoms with Crippen LogP contribution in [-0.4, -0.2) is 16.0 Å². The molecular formula is C15H25N3. The Balaban J connectivity index is 1.95. The maximum atomic E-state index is 4.46. The average molecular weight is 247 g/mol. The van der Waals surface area contributed by atoms with Gasteiger partial charge in [-0.3, -0.25) is 9.97 Å². The summed E-state index contributed by atoms with van der Waals surface area (Å²) >= 11 is 0. The number of nitrogens with one attached hydrogen (secondary N) is 1. The maximum Gasteiger partial charge on any atom is 0.0782 e. The molecule has 100 valence electrons. The second-order valence-corrected chi connectivity index (χ2v) is 5.55. The Morgan fingerprint density at radius 1 is 1.33 bits per heavy atom. The van der Waals surface area contributed by atoms with Crippen molar-refractivity contribution in [2.75, 3.05) is 0 Å². The minimum atomic E-state index is 0.305. The standard InChI is InChI=1S/C15H25N3/c1-4-13-6-5-7-14(10-13)18-12(3)15-11(2)16-8-9-17-15/h8-9,12-14,18H,4-7,10H2,1-3H3. The molecule has 3 unspecified atom stereocenters. The highest BCUT2D eigenvalue weighted by Gasteiger charge is 2.23. The van der Waals surface area contributed by atoms with E-state index in [0.717, 1.165) is 17.3 Å². The SMILES string of the molecule is CCC1CCCC(NC(C)c2nccnc2C)C1. The van der Waals surface area contributed by atoms with E-state index >= 15 is 0 Å². The Labute approximate surface area is 110 Å². The Hall–Kier alpha value is -0.960. The summed E-state index contributed by atoms with van der Waals surface area (Å²) in [6, 6.07) is 0.958. The van der Waals surface area contributed by atoms with Crippen molar-refractivity contribution in [3.05, 3.63) is 23.8 Å². The minimum absolute atomic E-state index is 0.305. The first kappa shape index (κ1) is 13.5. The summed E-state index contributed by atoms with van der Waals surface area (Å²) < 4.78 is 0. The lowest BCUT2D eigenvalue weighted by Crippen LogP contribution is -2.36. The van der Waals surface area contributed by atoms with Crippen molar-refractivity contribution in [1.29, 1.82) is 0 Å². The van der Waals surface area contributed by atoms with E-state index in [0.29, 0.717) is 12.1 Å². The quantitative estimate of drug-likeness (QED) is 0.886. The van der Waals surface area contributed by atoms with Gasteiger partial charge in [-0.15, -0.1) is 0 Å². The number of hydrogen-bond donors (Lipinski definition) is 1. The van der Waals surface area contributed by atoms with E-state index in [-0.39, 0.29) is 0 Å². The third-order valence-corrected chi connectivity index (χ3v) is 4.18. The molecule has 1 aliphatic carbocycles. The van der Waals surface area contributed by atoms with E-state index in [2.05, 4.69) is 29.1 Å². The Bertz CT molecular complexity index is 378. The van der Waals surface area contributed by atoms with Gasteiger partial charge in [-0.2, -0.15) is 0 Å². The molecule has 0 amide bonds. The third kappa shape index (κ3) is 3.29. The lowest BCUT2D eigenvalue weighted by Gasteiger charge is -2.31. The lowest BCUT2D eigenvalue weighted by molar-refractivity contribution is 0.264. The molecule has 3 nitrogen and oxygen atoms in total. The smallest absolute Gasteiger partial charge is 0.0782 e. The largest absolute Gasteiger partial charge is 0.306 e. The van der Waals surface area contributed by atoms with E-state index in [9.17, 15) is 0 Å². The van der Waals surface area contributed by atoms with Crippen LogP contribution in [0.5, 0.6) is 0 Å². The second kappa shape index (κ2) is 6.28. The molecule has 1 fully saturated rings. The van der Waals surface area contributed by atoms with Crippen molar-refractivity contribution in [3.63, 3.8) is 0 Å². The van der Waals surface area contributed by atoms with Crippen LogP contribution in [0.25, 0.3) is 0 Å². The van der Waals surface area contributed by atoms with Gasteiger partial charge in [0.2, 0.25) is 0 Å². The molecule has 2 rings (SSSR count). The van der Waals surface area contributed by atoms with Crippen molar-refractivity contribution < 1.29 is 0 Å². The van der Waals surface area contributed by atoms with Crippen LogP contribution in [0.4, 0.5) is 0 Å². The zero-order valence-electron chi connectivity index (χ0n) is 11.8. The molecule has 3 heteroatoms. The monoisotopic (exact) mass is 247 g/mol. The fourth-order valence-corrected chi connectivity index (χ4v) is 3.09. The van der Waals surface area contributed by atoms with Gasteiger partial charge in [0.05, 0.1) is 11.4 Å². The molecule has 1 aromatic heterocycles. The molecule has 1 heterocycles. The van der Waals surface area contributed by atoms with Gasteiger partial charge < -0.3 is 5.32 Å². The molecule has 18 heavy (non-hydrogen) atoms. The highest BCUT2D eigenvalue weighted by molar-refractivity contribution is 5.12. The summed E-state index contributed by atoms with van der Waals surface area (Å²) in [7, 11) is 0. The lowest BCUT2D eigenvalue weighted by atomic mass is 9.84. The summed E-state index contributed by atoms with van der Waals surface area (Å²) in [4.78, 5) is 8.78. The van der Waals surface area contributed by atoms with E-state index in [1.165, 1.54) is 32.1 Å². The highest BCUT2D eigenvalue weighted by atomic mass is 15.0. The highest BCUT2D eigenvalue weighted by Crippen LogP contribution is 2.28. The molecule has 1 N–H and O–H groups in total. The van der Waals surface area contributed by atoms with Crippen LogP contribution in [-0.2, 0) is 0 Å². The Kier molecular flexibility index (Phi) is 4.70. The molecule has 1 saturated carbocycles. The van der Waals surface area contributed by atoms with Crippen molar-refractivity contribution in [2.24, 2.45) is 5.92 Å². The zero-order chi connectivity index (χ0) is 13.0. The first-order valence-corrected chi connectivity index (χ1v) is 7.24. The van der Waals surface area contributed by atoms with E-state index in [1.54, 1.807) is 12.4 Å². The maximum absolute atomic E-state index is 4.46. The number of rotatable bonds is 4. The van der Waals surface area contributed by atoms with Crippen LogP contribution in [0.3, 0.4) is 0 Å². The fourth-order valence-electron chi connectivity index (χ4n) is 3.09. The molecule has 0 bridgehead atoms. The Morgan fingerprint density at radius 2 is 2.11 bits per heavy atom. The number of aryl methyl sites for hydroxylation is 1. The molecule has 0 saturated heterocycles. The van der Waals surface area contributed by atoms with Crippen molar-refractivity contribution >= 4 is 0 Å². The molecule has 0 aliphatic heterocycles. The van der Waals surface area contributed by atoms with Gasteiger partial charge in [-0.1, -0.05) is 26.2 Å². The number of aromatic nitrogens is 2. The average Bonchev–Trinajstić information content (AvgIpc) is 2.39. The predicted octanol–water partition coefficient (Wildman–Crippen LogP) is 3.40. The van der Waals surface area contributed by atoms with Gasteiger partial charge in [-0.25, -0.2) is 0 Å². The van der Waals surface area contributed by atoms with Gasteiger partial charge in [-0.05, 0) is 32.6 Å². The van der Waals surface area contributed by atoms with E-state index in [4.69, 9.17) is 0 Å². The van der Waals surface area contributed by atoms with Gasteiger partial charge in [0.1, 0.15) is 0 Å². The summed E-state index contributed by atoms with van der Waals surface area (Å²) in [5, 5.41) is 3.74. The van der Waals surface area contributed by atoms with Gasteiger partial charge in [0, 0.05) is 24.5 Å². The van der Waals surface area contributed by atoms with Crippen molar-refractivity contribution in [2.45, 2.75) is 65.0 Å². The summed E-state index contributed by atoms with van der Waals surface area (Å²) in [5.74, 6) is 0.909. The molecule has 3 atom stereocenters. The van der Waals surface area contributed by atoms with Gasteiger partial charge >= 0.3 is 0 Å². The molecule has 0 radical (unpaired) electrons. The fraction of sp³-hybridized carbons (Fsp3) is 0.733. The predicted molar refractivity (Wildman–Crippen MR) is 74.4 cm³/mol. The van der Waals surface area contributed by atoms with Crippen LogP contribution in [0, 0.1) is 12.8 Å². The topological polar surface area (TPSA) is 37.8 Å². The van der Waals surface area contributed by atoms with Crippen LogP contribution in [0.1, 0.15) is 63.4 Å². The summed E-state index contributed by atoms with van der Waals surface area (Å²) in [6.07, 6.45) is 10.3. The molecule has 1 aromatic rings. The van der Waals surface area contributed by atoms with Crippen LogP contribution in [0.2, 0.25) is 0 Å². The van der Waals surface area contributed by atoms with Gasteiger partial charge in [0.25, 0.3) is 0 Å². The molecular weight excluding hydrogens is 222 g/mol. The van der Waals surface area contributed by atoms with Gasteiger partial charge in [0.15, 0.2) is 0 Å². The zero-order valence-corrected chi connectivity index (χ0v) is 11.8. The third-order valence-electron chi connectivity index (χ3n) is 4.18. The molecule has 1 aliphatic rings. The first-order valence-electron chi connectivity index (χ1n) is 7.24. The minimum Gasteiger partial charge on any atom is -0.306 e. The summed E-state index contributed by atoms with van der Waals surface area (Å²) in [6.45, 7) is 6.55. The normalized spacial score (nSPS) is 25.9.